The topological polar surface area (TPSA) is 92.5 Å². The van der Waals surface area contributed by atoms with Crippen molar-refractivity contribution in [2.75, 3.05) is 18.8 Å². The summed E-state index contributed by atoms with van der Waals surface area (Å²) in [6.45, 7) is 2.80. The van der Waals surface area contributed by atoms with E-state index < -0.39 is 15.6 Å². The first-order valence-electron chi connectivity index (χ1n) is 6.94. The minimum Gasteiger partial charge on any atom is -0.341 e. The van der Waals surface area contributed by atoms with Crippen LogP contribution < -0.4 is 10.5 Å². The van der Waals surface area contributed by atoms with Crippen LogP contribution in [0.1, 0.15) is 39.0 Å². The van der Waals surface area contributed by atoms with Crippen LogP contribution in [0.4, 0.5) is 0 Å². The van der Waals surface area contributed by atoms with Crippen molar-refractivity contribution in [3.8, 4) is 0 Å². The van der Waals surface area contributed by atoms with Gasteiger partial charge in [0.25, 0.3) is 0 Å². The van der Waals surface area contributed by atoms with Gasteiger partial charge in [0.15, 0.2) is 0 Å². The lowest BCUT2D eigenvalue weighted by Crippen LogP contribution is -2.61. The van der Waals surface area contributed by atoms with Gasteiger partial charge >= 0.3 is 0 Å². The summed E-state index contributed by atoms with van der Waals surface area (Å²) in [5.74, 6) is 0.133. The Morgan fingerprint density at radius 3 is 2.37 bits per heavy atom. The lowest BCUT2D eigenvalue weighted by molar-refractivity contribution is -0.141. The molecular formula is C12H23N3O3S. The zero-order valence-corrected chi connectivity index (χ0v) is 12.2. The number of nitrogens with zero attached hydrogens (tertiary/aromatic N) is 1. The van der Waals surface area contributed by atoms with E-state index in [2.05, 4.69) is 4.72 Å². The number of piperidine rings is 1. The van der Waals surface area contributed by atoms with Gasteiger partial charge in [-0.15, -0.1) is 0 Å². The highest BCUT2D eigenvalue weighted by Crippen LogP contribution is 2.31. The van der Waals surface area contributed by atoms with Crippen molar-refractivity contribution in [2.24, 2.45) is 5.73 Å². The molecule has 7 heteroatoms. The Kier molecular flexibility index (Phi) is 4.17. The fourth-order valence-electron chi connectivity index (χ4n) is 2.62. The van der Waals surface area contributed by atoms with Crippen LogP contribution in [0.15, 0.2) is 0 Å². The molecule has 1 saturated heterocycles. The quantitative estimate of drug-likeness (QED) is 0.749. The maximum absolute atomic E-state index is 12.2. The number of nitrogens with one attached hydrogen (secondary N) is 1. The number of likely N-dealkylation sites (tertiary alicyclic amines) is 1. The van der Waals surface area contributed by atoms with Gasteiger partial charge in [0.2, 0.25) is 15.9 Å². The average Bonchev–Trinajstić information content (AvgIpc) is 2.35. The molecule has 2 rings (SSSR count). The molecule has 110 valence electrons. The molecule has 1 saturated carbocycles. The molecule has 0 aromatic rings. The van der Waals surface area contributed by atoms with Gasteiger partial charge in [-0.2, -0.15) is 0 Å². The van der Waals surface area contributed by atoms with Gasteiger partial charge in [0.05, 0.1) is 11.3 Å². The molecule has 6 nitrogen and oxygen atoms in total. The molecule has 0 bridgehead atoms. The zero-order valence-electron chi connectivity index (χ0n) is 11.4. The summed E-state index contributed by atoms with van der Waals surface area (Å²) >= 11 is 0. The number of hydrogen-bond acceptors (Lipinski definition) is 4. The first kappa shape index (κ1) is 14.7. The number of hydrogen-bond donors (Lipinski definition) is 2. The SMILES string of the molecule is CCS(=O)(=O)NC1CCN(C(=O)C2(N)CCC2)CC1. The highest BCUT2D eigenvalue weighted by Gasteiger charge is 2.43. The lowest BCUT2D eigenvalue weighted by atomic mass is 9.76. The maximum atomic E-state index is 12.2. The number of amides is 1. The van der Waals surface area contributed by atoms with E-state index in [1.54, 1.807) is 11.8 Å². The van der Waals surface area contributed by atoms with Gasteiger partial charge in [0.1, 0.15) is 0 Å². The molecule has 0 spiro atoms. The first-order valence-corrected chi connectivity index (χ1v) is 8.60. The van der Waals surface area contributed by atoms with Crippen molar-refractivity contribution in [3.05, 3.63) is 0 Å². The van der Waals surface area contributed by atoms with E-state index in [1.165, 1.54) is 0 Å². The van der Waals surface area contributed by atoms with Crippen LogP contribution >= 0.6 is 0 Å². The fourth-order valence-corrected chi connectivity index (χ4v) is 3.53. The summed E-state index contributed by atoms with van der Waals surface area (Å²) in [5.41, 5.74) is 5.39. The van der Waals surface area contributed by atoms with Crippen molar-refractivity contribution in [1.82, 2.24) is 9.62 Å². The second-order valence-electron chi connectivity index (χ2n) is 5.60. The van der Waals surface area contributed by atoms with E-state index >= 15 is 0 Å². The van der Waals surface area contributed by atoms with Crippen LogP contribution in [0.5, 0.6) is 0 Å². The van der Waals surface area contributed by atoms with E-state index in [0.717, 1.165) is 19.3 Å². The smallest absolute Gasteiger partial charge is 0.242 e. The zero-order chi connectivity index (χ0) is 14.1. The van der Waals surface area contributed by atoms with Crippen molar-refractivity contribution in [3.63, 3.8) is 0 Å². The second kappa shape index (κ2) is 5.38. The number of rotatable bonds is 4. The Hall–Kier alpha value is -0.660. The van der Waals surface area contributed by atoms with Crippen molar-refractivity contribution < 1.29 is 13.2 Å². The monoisotopic (exact) mass is 289 g/mol. The highest BCUT2D eigenvalue weighted by molar-refractivity contribution is 7.89. The molecule has 1 amide bonds. The molecule has 1 aliphatic carbocycles. The number of carbonyl (C=O) groups excluding carboxylic acids is 1. The number of sulfonamides is 1. The lowest BCUT2D eigenvalue weighted by Gasteiger charge is -2.42. The van der Waals surface area contributed by atoms with Crippen LogP contribution in [0.3, 0.4) is 0 Å². The Labute approximate surface area is 114 Å². The van der Waals surface area contributed by atoms with Crippen LogP contribution in [0.2, 0.25) is 0 Å². The molecule has 0 aromatic carbocycles. The third kappa shape index (κ3) is 3.27. The molecule has 0 unspecified atom stereocenters. The second-order valence-corrected chi connectivity index (χ2v) is 7.64. The molecule has 0 aromatic heterocycles. The summed E-state index contributed by atoms with van der Waals surface area (Å²) in [6, 6.07) is -0.0517. The molecule has 2 fully saturated rings. The molecule has 0 radical (unpaired) electrons. The van der Waals surface area contributed by atoms with Crippen LogP contribution in [-0.2, 0) is 14.8 Å². The van der Waals surface area contributed by atoms with Gasteiger partial charge in [-0.1, -0.05) is 0 Å². The van der Waals surface area contributed by atoms with Crippen molar-refractivity contribution in [1.29, 1.82) is 0 Å². The van der Waals surface area contributed by atoms with E-state index in [-0.39, 0.29) is 17.7 Å². The number of nitrogens with two attached hydrogens (primary N) is 1. The predicted molar refractivity (Wildman–Crippen MR) is 73.0 cm³/mol. The minimum atomic E-state index is -3.16. The predicted octanol–water partition coefficient (Wildman–Crippen LogP) is -0.202. The molecule has 1 heterocycles. The summed E-state index contributed by atoms with van der Waals surface area (Å²) in [4.78, 5) is 14.0. The number of carbonyl (C=O) groups is 1. The van der Waals surface area contributed by atoms with Crippen LogP contribution in [0, 0.1) is 0 Å². The average molecular weight is 289 g/mol. The molecule has 2 aliphatic rings. The summed E-state index contributed by atoms with van der Waals surface area (Å²) < 4.78 is 25.6. The Morgan fingerprint density at radius 1 is 1.37 bits per heavy atom. The maximum Gasteiger partial charge on any atom is 0.242 e. The van der Waals surface area contributed by atoms with E-state index in [4.69, 9.17) is 5.73 Å². The molecule has 3 N–H and O–H groups in total. The largest absolute Gasteiger partial charge is 0.341 e. The van der Waals surface area contributed by atoms with Gasteiger partial charge < -0.3 is 10.6 Å². The fraction of sp³-hybridized carbons (Fsp3) is 0.917. The standard InChI is InChI=1S/C12H23N3O3S/c1-2-19(17,18)14-10-4-8-15(9-5-10)11(16)12(13)6-3-7-12/h10,14H,2-9,13H2,1H3. The van der Waals surface area contributed by atoms with Crippen molar-refractivity contribution >= 4 is 15.9 Å². The summed E-state index contributed by atoms with van der Waals surface area (Å²) in [7, 11) is -3.16. The van der Waals surface area contributed by atoms with Crippen molar-refractivity contribution in [2.45, 2.75) is 50.6 Å². The van der Waals surface area contributed by atoms with E-state index in [9.17, 15) is 13.2 Å². The summed E-state index contributed by atoms with van der Waals surface area (Å²) in [5, 5.41) is 0. The van der Waals surface area contributed by atoms with E-state index in [0.29, 0.717) is 25.9 Å². The highest BCUT2D eigenvalue weighted by atomic mass is 32.2. The van der Waals surface area contributed by atoms with Gasteiger partial charge in [-0.25, -0.2) is 13.1 Å². The molecule has 1 aliphatic heterocycles. The molecular weight excluding hydrogens is 266 g/mol. The minimum absolute atomic E-state index is 0.0375. The third-order valence-electron chi connectivity index (χ3n) is 4.18. The summed E-state index contributed by atoms with van der Waals surface area (Å²) in [6.07, 6.45) is 3.90. The van der Waals surface area contributed by atoms with Gasteiger partial charge in [0, 0.05) is 19.1 Å². The Bertz CT molecular complexity index is 437. The third-order valence-corrected chi connectivity index (χ3v) is 5.63. The molecule has 19 heavy (non-hydrogen) atoms. The van der Waals surface area contributed by atoms with Crippen LogP contribution in [0.25, 0.3) is 0 Å². The van der Waals surface area contributed by atoms with Crippen LogP contribution in [-0.4, -0.2) is 49.6 Å². The van der Waals surface area contributed by atoms with E-state index in [1.807, 2.05) is 0 Å². The first-order chi connectivity index (χ1) is 8.86. The van der Waals surface area contributed by atoms with Gasteiger partial charge in [-0.3, -0.25) is 4.79 Å². The molecule has 0 atom stereocenters. The Balaban J connectivity index is 1.84. The van der Waals surface area contributed by atoms with Gasteiger partial charge in [-0.05, 0) is 39.0 Å². The normalized spacial score (nSPS) is 24.0. The Morgan fingerprint density at radius 2 is 1.95 bits per heavy atom.